The summed E-state index contributed by atoms with van der Waals surface area (Å²) in [6, 6.07) is 4.19. The third kappa shape index (κ3) is 3.51. The predicted molar refractivity (Wildman–Crippen MR) is 70.8 cm³/mol. The van der Waals surface area contributed by atoms with Gasteiger partial charge in [0.15, 0.2) is 0 Å². The van der Waals surface area contributed by atoms with Crippen LogP contribution >= 0.6 is 11.3 Å². The molecule has 0 amide bonds. The van der Waals surface area contributed by atoms with Gasteiger partial charge in [0.05, 0.1) is 5.75 Å². The highest BCUT2D eigenvalue weighted by atomic mass is 32.2. The molecule has 2 heterocycles. The minimum atomic E-state index is -3.09. The molecule has 0 unspecified atom stereocenters. The fourth-order valence-electron chi connectivity index (χ4n) is 1.96. The molecule has 1 atom stereocenters. The van der Waals surface area contributed by atoms with E-state index in [2.05, 4.69) is 5.32 Å². The van der Waals surface area contributed by atoms with Crippen LogP contribution in [-0.2, 0) is 16.4 Å². The molecule has 17 heavy (non-hydrogen) atoms. The molecule has 4 nitrogen and oxygen atoms in total. The van der Waals surface area contributed by atoms with Crippen LogP contribution in [-0.4, -0.2) is 44.2 Å². The molecule has 0 spiro atoms. The van der Waals surface area contributed by atoms with Crippen molar-refractivity contribution < 1.29 is 8.42 Å². The van der Waals surface area contributed by atoms with Gasteiger partial charge < -0.3 is 5.32 Å². The van der Waals surface area contributed by atoms with E-state index in [-0.39, 0.29) is 11.8 Å². The minimum absolute atomic E-state index is 0.222. The Bertz CT molecular complexity index is 442. The average Bonchev–Trinajstić information content (AvgIpc) is 2.79. The lowest BCUT2D eigenvalue weighted by Crippen LogP contribution is -2.51. The smallest absolute Gasteiger partial charge is 0.214 e. The van der Waals surface area contributed by atoms with Crippen LogP contribution in [0.2, 0.25) is 0 Å². The molecule has 0 aliphatic carbocycles. The molecule has 6 heteroatoms. The fourth-order valence-corrected chi connectivity index (χ4v) is 4.36. The Morgan fingerprint density at radius 3 is 3.06 bits per heavy atom. The highest BCUT2D eigenvalue weighted by Crippen LogP contribution is 2.13. The SMILES string of the molecule is C[C@H]1CN(S(=O)(=O)CCc2cccs2)CCN1. The van der Waals surface area contributed by atoms with Crippen molar-refractivity contribution in [1.29, 1.82) is 0 Å². The fraction of sp³-hybridized carbons (Fsp3) is 0.636. The van der Waals surface area contributed by atoms with E-state index < -0.39 is 10.0 Å². The van der Waals surface area contributed by atoms with Gasteiger partial charge in [-0.3, -0.25) is 0 Å². The van der Waals surface area contributed by atoms with Crippen molar-refractivity contribution in [1.82, 2.24) is 9.62 Å². The second-order valence-electron chi connectivity index (χ2n) is 4.36. The van der Waals surface area contributed by atoms with Gasteiger partial charge in [-0.25, -0.2) is 8.42 Å². The first-order valence-corrected chi connectivity index (χ1v) is 8.30. The Morgan fingerprint density at radius 1 is 1.59 bits per heavy atom. The largest absolute Gasteiger partial charge is 0.312 e. The van der Waals surface area contributed by atoms with E-state index in [9.17, 15) is 8.42 Å². The van der Waals surface area contributed by atoms with Gasteiger partial charge in [-0.1, -0.05) is 6.07 Å². The first-order chi connectivity index (χ1) is 8.08. The van der Waals surface area contributed by atoms with Crippen molar-refractivity contribution >= 4 is 21.4 Å². The van der Waals surface area contributed by atoms with Crippen LogP contribution in [0.15, 0.2) is 17.5 Å². The molecular formula is C11H18N2O2S2. The lowest BCUT2D eigenvalue weighted by atomic mass is 10.3. The molecule has 96 valence electrons. The quantitative estimate of drug-likeness (QED) is 0.888. The van der Waals surface area contributed by atoms with Crippen LogP contribution < -0.4 is 5.32 Å². The molecule has 1 aliphatic rings. The van der Waals surface area contributed by atoms with Crippen molar-refractivity contribution in [2.24, 2.45) is 0 Å². The molecule has 1 aromatic heterocycles. The summed E-state index contributed by atoms with van der Waals surface area (Å²) < 4.78 is 25.9. The number of hydrogen-bond donors (Lipinski definition) is 1. The second-order valence-corrected chi connectivity index (χ2v) is 7.48. The Labute approximate surface area is 107 Å². The summed E-state index contributed by atoms with van der Waals surface area (Å²) in [5.74, 6) is 0.222. The molecule has 1 N–H and O–H groups in total. The minimum Gasteiger partial charge on any atom is -0.312 e. The van der Waals surface area contributed by atoms with E-state index in [4.69, 9.17) is 0 Å². The van der Waals surface area contributed by atoms with E-state index in [0.717, 1.165) is 11.4 Å². The predicted octanol–water partition coefficient (Wildman–Crippen LogP) is 0.914. The molecule has 1 aromatic rings. The zero-order valence-corrected chi connectivity index (χ0v) is 11.6. The summed E-state index contributed by atoms with van der Waals surface area (Å²) in [6.45, 7) is 3.95. The van der Waals surface area contributed by atoms with Crippen molar-refractivity contribution in [2.45, 2.75) is 19.4 Å². The number of piperazine rings is 1. The number of sulfonamides is 1. The topological polar surface area (TPSA) is 49.4 Å². The van der Waals surface area contributed by atoms with E-state index >= 15 is 0 Å². The number of thiophene rings is 1. The third-order valence-corrected chi connectivity index (χ3v) is 5.69. The van der Waals surface area contributed by atoms with Gasteiger partial charge in [0.1, 0.15) is 0 Å². The lowest BCUT2D eigenvalue weighted by molar-refractivity contribution is 0.310. The van der Waals surface area contributed by atoms with E-state index in [1.165, 1.54) is 0 Å². The number of hydrogen-bond acceptors (Lipinski definition) is 4. The summed E-state index contributed by atoms with van der Waals surface area (Å²) in [7, 11) is -3.09. The Kier molecular flexibility index (Phi) is 4.19. The Morgan fingerprint density at radius 2 is 2.41 bits per heavy atom. The van der Waals surface area contributed by atoms with Gasteiger partial charge in [-0.15, -0.1) is 11.3 Å². The molecule has 2 rings (SSSR count). The van der Waals surface area contributed by atoms with Gasteiger partial charge in [-0.05, 0) is 24.8 Å². The van der Waals surface area contributed by atoms with Gasteiger partial charge in [0, 0.05) is 30.6 Å². The molecule has 0 radical (unpaired) electrons. The van der Waals surface area contributed by atoms with Crippen LogP contribution in [0.1, 0.15) is 11.8 Å². The van der Waals surface area contributed by atoms with Gasteiger partial charge in [0.25, 0.3) is 0 Å². The maximum absolute atomic E-state index is 12.1. The van der Waals surface area contributed by atoms with E-state index in [1.807, 2.05) is 24.4 Å². The summed E-state index contributed by atoms with van der Waals surface area (Å²) in [6.07, 6.45) is 0.623. The average molecular weight is 274 g/mol. The second kappa shape index (κ2) is 5.48. The van der Waals surface area contributed by atoms with Crippen LogP contribution in [0.4, 0.5) is 0 Å². The zero-order chi connectivity index (χ0) is 12.3. The summed E-state index contributed by atoms with van der Waals surface area (Å²) in [4.78, 5) is 1.14. The third-order valence-electron chi connectivity index (χ3n) is 2.91. The number of nitrogens with one attached hydrogen (secondary N) is 1. The van der Waals surface area contributed by atoms with E-state index in [0.29, 0.717) is 19.5 Å². The summed E-state index contributed by atoms with van der Waals surface area (Å²) >= 11 is 1.62. The van der Waals surface area contributed by atoms with Crippen LogP contribution in [0.5, 0.6) is 0 Å². The summed E-state index contributed by atoms with van der Waals surface area (Å²) in [5, 5.41) is 5.23. The number of nitrogens with zero attached hydrogens (tertiary/aromatic N) is 1. The van der Waals surface area contributed by atoms with Crippen molar-refractivity contribution in [3.63, 3.8) is 0 Å². The van der Waals surface area contributed by atoms with Crippen molar-refractivity contribution in [3.8, 4) is 0 Å². The van der Waals surface area contributed by atoms with Crippen LogP contribution in [0.25, 0.3) is 0 Å². The molecule has 1 saturated heterocycles. The lowest BCUT2D eigenvalue weighted by Gasteiger charge is -2.30. The molecule has 1 fully saturated rings. The molecule has 0 saturated carbocycles. The van der Waals surface area contributed by atoms with Gasteiger partial charge in [0.2, 0.25) is 10.0 Å². The highest BCUT2D eigenvalue weighted by molar-refractivity contribution is 7.89. The first-order valence-electron chi connectivity index (χ1n) is 5.81. The standard InChI is InChI=1S/C11H18N2O2S2/c1-10-9-13(6-5-12-10)17(14,15)8-4-11-3-2-7-16-11/h2-3,7,10,12H,4-6,8-9H2,1H3/t10-/m0/s1. The van der Waals surface area contributed by atoms with Gasteiger partial charge >= 0.3 is 0 Å². The molecule has 0 bridgehead atoms. The number of rotatable bonds is 4. The summed E-state index contributed by atoms with van der Waals surface area (Å²) in [5.41, 5.74) is 0. The van der Waals surface area contributed by atoms with Crippen molar-refractivity contribution in [2.75, 3.05) is 25.4 Å². The normalized spacial score (nSPS) is 22.8. The zero-order valence-electron chi connectivity index (χ0n) is 9.93. The number of aryl methyl sites for hydroxylation is 1. The monoisotopic (exact) mass is 274 g/mol. The molecule has 0 aromatic carbocycles. The van der Waals surface area contributed by atoms with Crippen molar-refractivity contribution in [3.05, 3.63) is 22.4 Å². The molecule has 1 aliphatic heterocycles. The Balaban J connectivity index is 1.94. The molecular weight excluding hydrogens is 256 g/mol. The van der Waals surface area contributed by atoms with E-state index in [1.54, 1.807) is 15.6 Å². The van der Waals surface area contributed by atoms with Crippen LogP contribution in [0, 0.1) is 0 Å². The maximum Gasteiger partial charge on any atom is 0.214 e. The first kappa shape index (κ1) is 13.0. The highest BCUT2D eigenvalue weighted by Gasteiger charge is 2.26. The van der Waals surface area contributed by atoms with Gasteiger partial charge in [-0.2, -0.15) is 4.31 Å². The van der Waals surface area contributed by atoms with Crippen LogP contribution in [0.3, 0.4) is 0 Å². The maximum atomic E-state index is 12.1. The Hall–Kier alpha value is -0.430.